The topological polar surface area (TPSA) is 70.5 Å². The number of nitrogens with one attached hydrogen (secondary N) is 2. The second-order valence-electron chi connectivity index (χ2n) is 5.05. The fraction of sp³-hybridized carbons (Fsp3) is 0.0625. The van der Waals surface area contributed by atoms with E-state index in [0.717, 1.165) is 39.1 Å². The van der Waals surface area contributed by atoms with Gasteiger partial charge in [-0.3, -0.25) is 5.10 Å². The van der Waals surface area contributed by atoms with Crippen LogP contribution in [0.1, 0.15) is 5.69 Å². The number of hydrogen-bond acceptors (Lipinski definition) is 2. The molecule has 4 N–H and O–H groups in total. The lowest BCUT2D eigenvalue weighted by molar-refractivity contribution is 1.12. The van der Waals surface area contributed by atoms with Crippen LogP contribution in [0.5, 0.6) is 0 Å². The van der Waals surface area contributed by atoms with Gasteiger partial charge in [0.2, 0.25) is 0 Å². The Morgan fingerprint density at radius 1 is 1.00 bits per heavy atom. The summed E-state index contributed by atoms with van der Waals surface area (Å²) in [7, 11) is 0. The van der Waals surface area contributed by atoms with Gasteiger partial charge in [0.25, 0.3) is 0 Å². The molecule has 0 atom stereocenters. The number of hydrogen-bond donors (Lipinski definition) is 3. The predicted molar refractivity (Wildman–Crippen MR) is 82.5 cm³/mol. The summed E-state index contributed by atoms with van der Waals surface area (Å²) in [6.07, 6.45) is 0. The Balaban J connectivity index is 2.09. The van der Waals surface area contributed by atoms with Crippen molar-refractivity contribution in [2.75, 3.05) is 5.73 Å². The molecule has 2 aromatic carbocycles. The van der Waals surface area contributed by atoms with E-state index < -0.39 is 0 Å². The fourth-order valence-electron chi connectivity index (χ4n) is 2.81. The smallest absolute Gasteiger partial charge is 0.102 e. The van der Waals surface area contributed by atoms with E-state index >= 15 is 0 Å². The molecule has 20 heavy (non-hydrogen) atoms. The highest BCUT2D eigenvalue weighted by molar-refractivity contribution is 6.04. The Morgan fingerprint density at radius 2 is 1.85 bits per heavy atom. The lowest BCUT2D eigenvalue weighted by atomic mass is 10.0. The largest absolute Gasteiger partial charge is 0.399 e. The molecule has 4 nitrogen and oxygen atoms in total. The summed E-state index contributed by atoms with van der Waals surface area (Å²) in [6, 6.07) is 14.1. The molecule has 0 aliphatic carbocycles. The molecule has 4 heteroatoms. The number of rotatable bonds is 1. The van der Waals surface area contributed by atoms with E-state index in [1.807, 2.05) is 30.3 Å². The van der Waals surface area contributed by atoms with Crippen molar-refractivity contribution in [2.24, 2.45) is 0 Å². The van der Waals surface area contributed by atoms with Gasteiger partial charge in [0.1, 0.15) is 5.69 Å². The van der Waals surface area contributed by atoms with Gasteiger partial charge < -0.3 is 10.7 Å². The Bertz CT molecular complexity index is 930. The number of H-pyrrole nitrogens is 2. The maximum absolute atomic E-state index is 5.82. The van der Waals surface area contributed by atoms with Crippen molar-refractivity contribution in [1.29, 1.82) is 0 Å². The monoisotopic (exact) mass is 262 g/mol. The number of para-hydroxylation sites is 1. The van der Waals surface area contributed by atoms with Crippen molar-refractivity contribution in [3.63, 3.8) is 0 Å². The molecule has 0 saturated heterocycles. The van der Waals surface area contributed by atoms with E-state index in [-0.39, 0.29) is 0 Å². The molecule has 2 aromatic heterocycles. The molecule has 0 unspecified atom stereocenters. The van der Waals surface area contributed by atoms with Crippen LogP contribution in [0.4, 0.5) is 5.69 Å². The van der Waals surface area contributed by atoms with Crippen molar-refractivity contribution >= 4 is 27.5 Å². The molecule has 2 heterocycles. The third kappa shape index (κ3) is 1.45. The summed E-state index contributed by atoms with van der Waals surface area (Å²) < 4.78 is 0. The van der Waals surface area contributed by atoms with Crippen molar-refractivity contribution in [2.45, 2.75) is 6.92 Å². The average Bonchev–Trinajstić information content (AvgIpc) is 2.97. The van der Waals surface area contributed by atoms with Crippen molar-refractivity contribution in [3.8, 4) is 11.3 Å². The highest BCUT2D eigenvalue weighted by Gasteiger charge is 2.15. The van der Waals surface area contributed by atoms with Crippen LogP contribution in [-0.4, -0.2) is 15.2 Å². The van der Waals surface area contributed by atoms with Crippen molar-refractivity contribution in [3.05, 3.63) is 48.2 Å². The minimum atomic E-state index is 0.739. The van der Waals surface area contributed by atoms with Gasteiger partial charge in [-0.1, -0.05) is 18.2 Å². The number of fused-ring (bicyclic) bond motifs is 2. The second-order valence-corrected chi connectivity index (χ2v) is 5.05. The van der Waals surface area contributed by atoms with E-state index in [1.54, 1.807) is 0 Å². The van der Waals surface area contributed by atoms with Gasteiger partial charge in [-0.05, 0) is 31.2 Å². The summed E-state index contributed by atoms with van der Waals surface area (Å²) in [6.45, 7) is 2.08. The van der Waals surface area contributed by atoms with Crippen LogP contribution in [0, 0.1) is 6.92 Å². The summed E-state index contributed by atoms with van der Waals surface area (Å²) in [5.74, 6) is 0. The zero-order valence-corrected chi connectivity index (χ0v) is 11.1. The van der Waals surface area contributed by atoms with Crippen LogP contribution in [0.25, 0.3) is 33.1 Å². The first-order valence-corrected chi connectivity index (χ1v) is 6.55. The summed E-state index contributed by atoms with van der Waals surface area (Å²) in [5.41, 5.74) is 11.9. The molecule has 0 amide bonds. The molecular weight excluding hydrogens is 248 g/mol. The Morgan fingerprint density at radius 3 is 2.75 bits per heavy atom. The molecule has 4 aromatic rings. The standard InChI is InChI=1S/C16H14N4/c1-9-15(11-4-2-3-5-13(11)18-9)16-12-7-6-10(17)8-14(12)19-20-16/h2-8,18H,17H2,1H3,(H,19,20). The van der Waals surface area contributed by atoms with E-state index in [2.05, 4.69) is 34.2 Å². The van der Waals surface area contributed by atoms with Crippen LogP contribution >= 0.6 is 0 Å². The third-order valence-corrected chi connectivity index (χ3v) is 3.72. The highest BCUT2D eigenvalue weighted by Crippen LogP contribution is 2.35. The lowest BCUT2D eigenvalue weighted by Gasteiger charge is -1.99. The van der Waals surface area contributed by atoms with Gasteiger partial charge in [0.05, 0.1) is 5.52 Å². The number of anilines is 1. The highest BCUT2D eigenvalue weighted by atomic mass is 15.1. The van der Waals surface area contributed by atoms with E-state index in [1.165, 1.54) is 5.39 Å². The predicted octanol–water partition coefficient (Wildman–Crippen LogP) is 3.60. The lowest BCUT2D eigenvalue weighted by Crippen LogP contribution is -1.83. The van der Waals surface area contributed by atoms with Crippen LogP contribution in [0.15, 0.2) is 42.5 Å². The maximum atomic E-state index is 5.82. The van der Waals surface area contributed by atoms with Gasteiger partial charge in [-0.25, -0.2) is 0 Å². The van der Waals surface area contributed by atoms with Crippen molar-refractivity contribution < 1.29 is 0 Å². The molecule has 98 valence electrons. The van der Waals surface area contributed by atoms with Gasteiger partial charge in [-0.2, -0.15) is 5.10 Å². The number of nitrogens with zero attached hydrogens (tertiary/aromatic N) is 1. The third-order valence-electron chi connectivity index (χ3n) is 3.72. The summed E-state index contributed by atoms with van der Waals surface area (Å²) in [4.78, 5) is 3.41. The molecule has 0 saturated carbocycles. The van der Waals surface area contributed by atoms with E-state index in [9.17, 15) is 0 Å². The van der Waals surface area contributed by atoms with Gasteiger partial charge in [0, 0.05) is 33.2 Å². The number of benzene rings is 2. The van der Waals surface area contributed by atoms with E-state index in [4.69, 9.17) is 5.73 Å². The molecule has 0 aliphatic rings. The summed E-state index contributed by atoms with van der Waals surface area (Å²) in [5, 5.41) is 9.83. The van der Waals surface area contributed by atoms with Crippen molar-refractivity contribution in [1.82, 2.24) is 15.2 Å². The number of aryl methyl sites for hydroxylation is 1. The van der Waals surface area contributed by atoms with Crippen LogP contribution < -0.4 is 5.73 Å². The molecule has 0 fully saturated rings. The maximum Gasteiger partial charge on any atom is 0.102 e. The normalized spacial score (nSPS) is 11.4. The van der Waals surface area contributed by atoms with Crippen LogP contribution in [0.3, 0.4) is 0 Å². The number of aromatic amines is 2. The Hall–Kier alpha value is -2.75. The first-order chi connectivity index (χ1) is 9.74. The quantitative estimate of drug-likeness (QED) is 0.459. The molecule has 4 rings (SSSR count). The van der Waals surface area contributed by atoms with Crippen LogP contribution in [-0.2, 0) is 0 Å². The second kappa shape index (κ2) is 3.87. The first kappa shape index (κ1) is 11.1. The van der Waals surface area contributed by atoms with Gasteiger partial charge in [-0.15, -0.1) is 0 Å². The minimum absolute atomic E-state index is 0.739. The Kier molecular flexibility index (Phi) is 2.15. The van der Waals surface area contributed by atoms with Gasteiger partial charge >= 0.3 is 0 Å². The zero-order chi connectivity index (χ0) is 13.7. The fourth-order valence-corrected chi connectivity index (χ4v) is 2.81. The minimum Gasteiger partial charge on any atom is -0.399 e. The molecule has 0 aliphatic heterocycles. The molecular formula is C16H14N4. The van der Waals surface area contributed by atoms with Gasteiger partial charge in [0.15, 0.2) is 0 Å². The molecule has 0 radical (unpaired) electrons. The number of nitrogen functional groups attached to an aromatic ring is 1. The zero-order valence-electron chi connectivity index (χ0n) is 11.1. The average molecular weight is 262 g/mol. The van der Waals surface area contributed by atoms with Crippen LogP contribution in [0.2, 0.25) is 0 Å². The number of nitrogens with two attached hydrogens (primary N) is 1. The summed E-state index contributed by atoms with van der Waals surface area (Å²) >= 11 is 0. The molecule has 0 bridgehead atoms. The van der Waals surface area contributed by atoms with E-state index in [0.29, 0.717) is 0 Å². The SMILES string of the molecule is Cc1[nH]c2ccccc2c1-c1n[nH]c2cc(N)ccc12. The number of aromatic nitrogens is 3. The first-order valence-electron chi connectivity index (χ1n) is 6.55. The Labute approximate surface area is 115 Å². The molecule has 0 spiro atoms.